The molecule has 5 aromatic heterocycles. The molecular weight excluding hydrogens is 386 g/mol. The van der Waals surface area contributed by atoms with Crippen molar-refractivity contribution in [1.82, 2.24) is 24.9 Å². The van der Waals surface area contributed by atoms with Gasteiger partial charge in [-0.05, 0) is 0 Å². The number of carbonyl (C=O) groups is 1. The van der Waals surface area contributed by atoms with Crippen molar-refractivity contribution < 1.29 is 31.6 Å². The topological polar surface area (TPSA) is 156 Å². The molecule has 0 aliphatic heterocycles. The van der Waals surface area contributed by atoms with Crippen molar-refractivity contribution in [1.29, 1.82) is 0 Å². The van der Waals surface area contributed by atoms with Crippen LogP contribution in [0.15, 0.2) is 59.8 Å². The maximum Gasteiger partial charge on any atom is 0.360 e. The number of rotatable bonds is 5. The van der Waals surface area contributed by atoms with E-state index in [4.69, 9.17) is 22.1 Å². The second-order valence-electron chi connectivity index (χ2n) is 5.52. The molecular formula is C17H9N5O7. The Hall–Kier alpha value is -4.48. The average molecular weight is 395 g/mol. The summed E-state index contributed by atoms with van der Waals surface area (Å²) in [7, 11) is 1.25. The summed E-state index contributed by atoms with van der Waals surface area (Å²) in [6.45, 7) is 0. The first-order valence-corrected chi connectivity index (χ1v) is 8.01. The number of esters is 1. The summed E-state index contributed by atoms with van der Waals surface area (Å²) in [5.41, 5.74) is 1.41. The van der Waals surface area contributed by atoms with Gasteiger partial charge in [-0.15, -0.1) is 0 Å². The summed E-state index contributed by atoms with van der Waals surface area (Å²) >= 11 is 0. The summed E-state index contributed by atoms with van der Waals surface area (Å²) in [5.74, 6) is 0.0907. The lowest BCUT2D eigenvalue weighted by Gasteiger charge is -1.89. The first-order valence-electron chi connectivity index (χ1n) is 8.01. The highest BCUT2D eigenvalue weighted by Gasteiger charge is 2.20. The first-order chi connectivity index (χ1) is 14.2. The zero-order valence-corrected chi connectivity index (χ0v) is 14.6. The second-order valence-corrected chi connectivity index (χ2v) is 5.52. The molecule has 0 saturated heterocycles. The molecule has 0 aromatic carbocycles. The van der Waals surface area contributed by atoms with Crippen LogP contribution >= 0.6 is 0 Å². The van der Waals surface area contributed by atoms with Crippen LogP contribution in [0.1, 0.15) is 10.5 Å². The van der Waals surface area contributed by atoms with Gasteiger partial charge in [0.15, 0.2) is 34.9 Å². The molecule has 5 rings (SSSR count). The quantitative estimate of drug-likeness (QED) is 0.401. The molecule has 0 N–H and O–H groups in total. The van der Waals surface area contributed by atoms with Crippen LogP contribution in [-0.4, -0.2) is 38.0 Å². The summed E-state index contributed by atoms with van der Waals surface area (Å²) < 4.78 is 30.9. The normalized spacial score (nSPS) is 11.1. The highest BCUT2D eigenvalue weighted by atomic mass is 16.5. The molecule has 0 radical (unpaired) electrons. The van der Waals surface area contributed by atoms with Gasteiger partial charge in [0.05, 0.1) is 7.11 Å². The first kappa shape index (κ1) is 16.7. The van der Waals surface area contributed by atoms with Crippen LogP contribution in [-0.2, 0) is 4.74 Å². The van der Waals surface area contributed by atoms with Gasteiger partial charge in [-0.3, -0.25) is 0 Å². The molecule has 5 aromatic rings. The Kier molecular flexibility index (Phi) is 3.79. The zero-order chi connectivity index (χ0) is 19.8. The molecule has 0 bridgehead atoms. The summed E-state index contributed by atoms with van der Waals surface area (Å²) in [5, 5.41) is 0. The van der Waals surface area contributed by atoms with E-state index in [2.05, 4.69) is 29.7 Å². The Morgan fingerprint density at radius 2 is 1.24 bits per heavy atom. The van der Waals surface area contributed by atoms with E-state index in [1.165, 1.54) is 44.8 Å². The van der Waals surface area contributed by atoms with Crippen molar-refractivity contribution >= 4 is 5.97 Å². The number of oxazole rings is 5. The SMILES string of the molecule is COC(=O)c1coc(-c2coc(-c3coc(-c4coc(-c5cocn5)n4)n3)n2)n1. The number of aromatic nitrogens is 5. The second kappa shape index (κ2) is 6.60. The minimum atomic E-state index is -0.623. The molecule has 0 spiro atoms. The Balaban J connectivity index is 1.39. The van der Waals surface area contributed by atoms with E-state index in [0.717, 1.165) is 0 Å². The highest BCUT2D eigenvalue weighted by Crippen LogP contribution is 2.28. The van der Waals surface area contributed by atoms with Crippen LogP contribution in [0.2, 0.25) is 0 Å². The van der Waals surface area contributed by atoms with Gasteiger partial charge < -0.3 is 26.8 Å². The monoisotopic (exact) mass is 395 g/mol. The van der Waals surface area contributed by atoms with Crippen molar-refractivity contribution in [2.75, 3.05) is 7.11 Å². The van der Waals surface area contributed by atoms with Gasteiger partial charge in [0.2, 0.25) is 23.6 Å². The van der Waals surface area contributed by atoms with E-state index in [-0.39, 0.29) is 35.0 Å². The van der Waals surface area contributed by atoms with Gasteiger partial charge in [0.25, 0.3) is 0 Å². The maximum atomic E-state index is 11.5. The molecule has 29 heavy (non-hydrogen) atoms. The van der Waals surface area contributed by atoms with Crippen LogP contribution in [0.5, 0.6) is 0 Å². The van der Waals surface area contributed by atoms with E-state index >= 15 is 0 Å². The predicted molar refractivity (Wildman–Crippen MR) is 89.8 cm³/mol. The minimum Gasteiger partial charge on any atom is -0.464 e. The van der Waals surface area contributed by atoms with Crippen LogP contribution in [0.25, 0.3) is 46.3 Å². The van der Waals surface area contributed by atoms with Crippen LogP contribution in [0.3, 0.4) is 0 Å². The van der Waals surface area contributed by atoms with Crippen LogP contribution in [0, 0.1) is 0 Å². The van der Waals surface area contributed by atoms with Gasteiger partial charge >= 0.3 is 5.97 Å². The fraction of sp³-hybridized carbons (Fsp3) is 0.0588. The predicted octanol–water partition coefficient (Wildman–Crippen LogP) is 3.08. The van der Waals surface area contributed by atoms with Gasteiger partial charge in [-0.25, -0.2) is 29.7 Å². The number of methoxy groups -OCH3 is 1. The van der Waals surface area contributed by atoms with E-state index < -0.39 is 5.97 Å². The third-order valence-corrected chi connectivity index (χ3v) is 3.72. The lowest BCUT2D eigenvalue weighted by molar-refractivity contribution is 0.0594. The molecule has 0 atom stereocenters. The molecule has 12 nitrogen and oxygen atoms in total. The molecule has 0 saturated carbocycles. The number of hydrogen-bond donors (Lipinski definition) is 0. The molecule has 0 amide bonds. The molecule has 0 aliphatic carbocycles. The Bertz CT molecular complexity index is 1280. The summed E-state index contributed by atoms with van der Waals surface area (Å²) in [6, 6.07) is 0. The fourth-order valence-electron chi connectivity index (χ4n) is 2.38. The van der Waals surface area contributed by atoms with E-state index in [1.54, 1.807) is 0 Å². The zero-order valence-electron chi connectivity index (χ0n) is 14.6. The van der Waals surface area contributed by atoms with Gasteiger partial charge in [0.1, 0.15) is 31.3 Å². The van der Waals surface area contributed by atoms with Crippen molar-refractivity contribution in [2.45, 2.75) is 0 Å². The molecule has 144 valence electrons. The molecule has 12 heteroatoms. The lowest BCUT2D eigenvalue weighted by atomic mass is 10.4. The van der Waals surface area contributed by atoms with Gasteiger partial charge in [-0.2, -0.15) is 0 Å². The van der Waals surface area contributed by atoms with Crippen molar-refractivity contribution in [3.05, 3.63) is 43.4 Å². The number of hydrogen-bond acceptors (Lipinski definition) is 12. The Morgan fingerprint density at radius 3 is 1.76 bits per heavy atom. The van der Waals surface area contributed by atoms with Crippen LogP contribution in [0.4, 0.5) is 0 Å². The maximum absolute atomic E-state index is 11.5. The van der Waals surface area contributed by atoms with Crippen LogP contribution < -0.4 is 0 Å². The van der Waals surface area contributed by atoms with E-state index in [1.807, 2.05) is 0 Å². The van der Waals surface area contributed by atoms with Crippen molar-refractivity contribution in [3.8, 4) is 46.3 Å². The van der Waals surface area contributed by atoms with Crippen molar-refractivity contribution in [3.63, 3.8) is 0 Å². The van der Waals surface area contributed by atoms with E-state index in [0.29, 0.717) is 17.1 Å². The highest BCUT2D eigenvalue weighted by molar-refractivity contribution is 5.87. The number of carbonyl (C=O) groups excluding carboxylic acids is 1. The molecule has 0 unspecified atom stereocenters. The molecule has 0 aliphatic rings. The average Bonchev–Trinajstić information content (AvgIpc) is 3.56. The fourth-order valence-corrected chi connectivity index (χ4v) is 2.38. The molecule has 5 heterocycles. The van der Waals surface area contributed by atoms with Gasteiger partial charge in [0, 0.05) is 0 Å². The number of ether oxygens (including phenoxy) is 1. The molecule has 0 fully saturated rings. The largest absolute Gasteiger partial charge is 0.464 e. The standard InChI is InChI=1S/C17H9N5O7/c1-24-17(23)12-6-29-16(22-12)11-5-28-15(21-11)10-4-27-14(20-10)9-3-26-13(19-9)8-2-25-7-18-8/h2-7H,1H3. The third kappa shape index (κ3) is 2.97. The van der Waals surface area contributed by atoms with Gasteiger partial charge in [-0.1, -0.05) is 0 Å². The number of nitrogens with zero attached hydrogens (tertiary/aromatic N) is 5. The summed E-state index contributed by atoms with van der Waals surface area (Å²) in [6.07, 6.45) is 7.88. The minimum absolute atomic E-state index is 0.0183. The Morgan fingerprint density at radius 1 is 0.724 bits per heavy atom. The Labute approximate surface area is 160 Å². The third-order valence-electron chi connectivity index (χ3n) is 3.72. The van der Waals surface area contributed by atoms with E-state index in [9.17, 15) is 4.79 Å². The summed E-state index contributed by atoms with van der Waals surface area (Å²) in [4.78, 5) is 32.2. The lowest BCUT2D eigenvalue weighted by Crippen LogP contribution is -2.00. The van der Waals surface area contributed by atoms with Crippen molar-refractivity contribution in [2.24, 2.45) is 0 Å². The smallest absolute Gasteiger partial charge is 0.360 e.